The molecule has 1 fully saturated rings. The van der Waals surface area contributed by atoms with Crippen LogP contribution in [0.2, 0.25) is 0 Å². The van der Waals surface area contributed by atoms with Gasteiger partial charge in [0.1, 0.15) is 6.54 Å². The molecule has 1 aliphatic heterocycles. The van der Waals surface area contributed by atoms with Crippen molar-refractivity contribution in [2.24, 2.45) is 0 Å². The van der Waals surface area contributed by atoms with Crippen LogP contribution in [0.5, 0.6) is 0 Å². The van der Waals surface area contributed by atoms with E-state index >= 15 is 0 Å². The zero-order valence-electron chi connectivity index (χ0n) is 14.7. The van der Waals surface area contributed by atoms with Gasteiger partial charge in [0, 0.05) is 30.7 Å². The molecule has 0 spiro atoms. The molecule has 4 rings (SSSR count). The smallest absolute Gasteiger partial charge is 0.242 e. The molecule has 1 saturated heterocycles. The van der Waals surface area contributed by atoms with Crippen LogP contribution in [0.4, 0.5) is 0 Å². The second kappa shape index (κ2) is 8.01. The van der Waals surface area contributed by atoms with E-state index in [0.29, 0.717) is 6.54 Å². The highest BCUT2D eigenvalue weighted by atomic mass is 32.1. The third-order valence-electron chi connectivity index (χ3n) is 4.96. The van der Waals surface area contributed by atoms with Crippen LogP contribution in [-0.4, -0.2) is 46.2 Å². The molecule has 0 atom stereocenters. The summed E-state index contributed by atoms with van der Waals surface area (Å²) < 4.78 is 7.45. The maximum atomic E-state index is 13.2. The van der Waals surface area contributed by atoms with Crippen molar-refractivity contribution < 1.29 is 9.53 Å². The van der Waals surface area contributed by atoms with Crippen LogP contribution in [0.3, 0.4) is 0 Å². The first-order valence-electron chi connectivity index (χ1n) is 9.11. The van der Waals surface area contributed by atoms with Gasteiger partial charge in [0.05, 0.1) is 17.4 Å². The first-order valence-corrected chi connectivity index (χ1v) is 9.99. The van der Waals surface area contributed by atoms with Gasteiger partial charge in [0.15, 0.2) is 0 Å². The van der Waals surface area contributed by atoms with Gasteiger partial charge in [0.2, 0.25) is 5.91 Å². The molecular weight excluding hydrogens is 346 g/mol. The maximum Gasteiger partial charge on any atom is 0.242 e. The minimum absolute atomic E-state index is 0.164. The van der Waals surface area contributed by atoms with Crippen molar-refractivity contribution in [2.45, 2.75) is 31.8 Å². The second-order valence-corrected chi connectivity index (χ2v) is 7.65. The predicted octanol–water partition coefficient (Wildman–Crippen LogP) is 3.35. The topological polar surface area (TPSA) is 47.4 Å². The Bertz CT molecular complexity index is 853. The molecule has 1 aromatic carbocycles. The molecule has 5 nitrogen and oxygen atoms in total. The number of thiophene rings is 1. The number of hydrogen-bond donors (Lipinski definition) is 0. The lowest BCUT2D eigenvalue weighted by Crippen LogP contribution is -2.45. The molecule has 26 heavy (non-hydrogen) atoms. The molecule has 2 aromatic heterocycles. The van der Waals surface area contributed by atoms with Gasteiger partial charge in [-0.1, -0.05) is 18.2 Å². The molecular formula is C20H23N3O2S. The summed E-state index contributed by atoms with van der Waals surface area (Å²) in [4.78, 5) is 20.9. The molecule has 1 amide bonds. The number of aromatic nitrogens is 2. The normalized spacial score (nSPS) is 15.4. The van der Waals surface area contributed by atoms with Gasteiger partial charge in [-0.3, -0.25) is 4.79 Å². The first-order chi connectivity index (χ1) is 12.8. The first kappa shape index (κ1) is 17.2. The molecule has 3 aromatic rings. The summed E-state index contributed by atoms with van der Waals surface area (Å²) in [5.74, 6) is 0.164. The number of carbonyl (C=O) groups excluding carboxylic acids is 1. The van der Waals surface area contributed by atoms with Gasteiger partial charge in [-0.15, -0.1) is 11.3 Å². The van der Waals surface area contributed by atoms with Gasteiger partial charge in [-0.25, -0.2) is 4.98 Å². The number of fused-ring (bicyclic) bond motifs is 1. The number of ether oxygens (including phenoxy) is 1. The predicted molar refractivity (Wildman–Crippen MR) is 103 cm³/mol. The minimum Gasteiger partial charge on any atom is -0.381 e. The standard InChI is InChI=1S/C20H23N3O2S/c24-20(14-22-15-21-18-5-1-2-6-19(18)22)23(16-8-11-25-12-9-16)10-7-17-4-3-13-26-17/h1-6,13,15-16H,7-12,14H2. The number of para-hydroxylation sites is 2. The number of benzene rings is 1. The van der Waals surface area contributed by atoms with Crippen LogP contribution < -0.4 is 0 Å². The average molecular weight is 369 g/mol. The van der Waals surface area contributed by atoms with Crippen LogP contribution in [0.25, 0.3) is 11.0 Å². The fourth-order valence-electron chi connectivity index (χ4n) is 3.57. The van der Waals surface area contributed by atoms with Crippen LogP contribution >= 0.6 is 11.3 Å². The Balaban J connectivity index is 1.50. The van der Waals surface area contributed by atoms with Crippen molar-refractivity contribution in [1.82, 2.24) is 14.5 Å². The lowest BCUT2D eigenvalue weighted by molar-refractivity contribution is -0.136. The Labute approximate surface area is 157 Å². The van der Waals surface area contributed by atoms with E-state index in [-0.39, 0.29) is 11.9 Å². The van der Waals surface area contributed by atoms with Crippen LogP contribution in [0, 0.1) is 0 Å². The van der Waals surface area contributed by atoms with Crippen molar-refractivity contribution in [3.63, 3.8) is 0 Å². The van der Waals surface area contributed by atoms with Crippen molar-refractivity contribution >= 4 is 28.3 Å². The molecule has 0 unspecified atom stereocenters. The number of rotatable bonds is 6. The fraction of sp³-hybridized carbons (Fsp3) is 0.400. The fourth-order valence-corrected chi connectivity index (χ4v) is 4.26. The number of amides is 1. The van der Waals surface area contributed by atoms with Crippen LogP contribution in [0.15, 0.2) is 48.1 Å². The number of hydrogen-bond acceptors (Lipinski definition) is 4. The van der Waals surface area contributed by atoms with Gasteiger partial charge < -0.3 is 14.2 Å². The van der Waals surface area contributed by atoms with E-state index in [2.05, 4.69) is 27.4 Å². The van der Waals surface area contributed by atoms with Gasteiger partial charge in [0.25, 0.3) is 0 Å². The third-order valence-corrected chi connectivity index (χ3v) is 5.90. The Hall–Kier alpha value is -2.18. The molecule has 1 aliphatic rings. The lowest BCUT2D eigenvalue weighted by atomic mass is 10.1. The maximum absolute atomic E-state index is 13.2. The third kappa shape index (κ3) is 3.81. The van der Waals surface area contributed by atoms with E-state index in [1.807, 2.05) is 28.8 Å². The lowest BCUT2D eigenvalue weighted by Gasteiger charge is -2.34. The molecule has 3 heterocycles. The summed E-state index contributed by atoms with van der Waals surface area (Å²) in [5, 5.41) is 2.09. The highest BCUT2D eigenvalue weighted by Crippen LogP contribution is 2.19. The minimum atomic E-state index is 0.164. The highest BCUT2D eigenvalue weighted by molar-refractivity contribution is 7.09. The molecule has 136 valence electrons. The number of imidazole rings is 1. The van der Waals surface area contributed by atoms with Gasteiger partial charge in [-0.05, 0) is 42.8 Å². The van der Waals surface area contributed by atoms with Gasteiger partial charge in [-0.2, -0.15) is 0 Å². The van der Waals surface area contributed by atoms with Crippen LogP contribution in [-0.2, 0) is 22.5 Å². The van der Waals surface area contributed by atoms with E-state index in [1.165, 1.54) is 4.88 Å². The second-order valence-electron chi connectivity index (χ2n) is 6.62. The Morgan fingerprint density at radius 1 is 1.23 bits per heavy atom. The molecule has 0 bridgehead atoms. The zero-order chi connectivity index (χ0) is 17.8. The van der Waals surface area contributed by atoms with Crippen molar-refractivity contribution in [1.29, 1.82) is 0 Å². The van der Waals surface area contributed by atoms with E-state index in [0.717, 1.165) is 50.1 Å². The molecule has 6 heteroatoms. The zero-order valence-corrected chi connectivity index (χ0v) is 15.5. The molecule has 0 aliphatic carbocycles. The quantitative estimate of drug-likeness (QED) is 0.669. The SMILES string of the molecule is O=C(Cn1cnc2ccccc21)N(CCc1cccs1)C1CCOCC1. The largest absolute Gasteiger partial charge is 0.381 e. The number of carbonyl (C=O) groups is 1. The monoisotopic (exact) mass is 369 g/mol. The molecule has 0 saturated carbocycles. The van der Waals surface area contributed by atoms with E-state index in [1.54, 1.807) is 17.7 Å². The van der Waals surface area contributed by atoms with Crippen molar-refractivity contribution in [3.05, 3.63) is 53.0 Å². The summed E-state index contributed by atoms with van der Waals surface area (Å²) in [6, 6.07) is 12.4. The Morgan fingerprint density at radius 2 is 2.08 bits per heavy atom. The molecule has 0 radical (unpaired) electrons. The van der Waals surface area contributed by atoms with E-state index in [9.17, 15) is 4.79 Å². The highest BCUT2D eigenvalue weighted by Gasteiger charge is 2.26. The van der Waals surface area contributed by atoms with Crippen molar-refractivity contribution in [2.75, 3.05) is 19.8 Å². The Kier molecular flexibility index (Phi) is 5.32. The Morgan fingerprint density at radius 3 is 2.88 bits per heavy atom. The summed E-state index contributed by atoms with van der Waals surface area (Å²) in [5.41, 5.74) is 1.93. The van der Waals surface area contributed by atoms with E-state index in [4.69, 9.17) is 4.74 Å². The summed E-state index contributed by atoms with van der Waals surface area (Å²) in [7, 11) is 0. The number of nitrogens with zero attached hydrogens (tertiary/aromatic N) is 3. The summed E-state index contributed by atoms with van der Waals surface area (Å²) in [6.07, 6.45) is 4.51. The summed E-state index contributed by atoms with van der Waals surface area (Å²) in [6.45, 7) is 2.57. The van der Waals surface area contributed by atoms with Crippen molar-refractivity contribution in [3.8, 4) is 0 Å². The van der Waals surface area contributed by atoms with E-state index < -0.39 is 0 Å². The molecule has 0 N–H and O–H groups in total. The average Bonchev–Trinajstić information content (AvgIpc) is 3.33. The van der Waals surface area contributed by atoms with Crippen LogP contribution in [0.1, 0.15) is 17.7 Å². The summed E-state index contributed by atoms with van der Waals surface area (Å²) >= 11 is 1.75. The van der Waals surface area contributed by atoms with Gasteiger partial charge >= 0.3 is 0 Å².